The number of aromatic amines is 1. The van der Waals surface area contributed by atoms with Crippen LogP contribution in [0, 0.1) is 4.77 Å². The van der Waals surface area contributed by atoms with Crippen molar-refractivity contribution in [2.45, 2.75) is 0 Å². The number of H-pyrrole nitrogens is 1. The quantitative estimate of drug-likeness (QED) is 0.336. The molecule has 2 heterocycles. The fourth-order valence-corrected chi connectivity index (χ4v) is 3.83. The van der Waals surface area contributed by atoms with Gasteiger partial charge in [-0.25, -0.2) is 0 Å². The van der Waals surface area contributed by atoms with Crippen LogP contribution in [0.3, 0.4) is 0 Å². The summed E-state index contributed by atoms with van der Waals surface area (Å²) in [7, 11) is 0. The molecule has 6 nitrogen and oxygen atoms in total. The van der Waals surface area contributed by atoms with Crippen molar-refractivity contribution in [2.24, 2.45) is 0 Å². The average molecular weight is 455 g/mol. The molecule has 2 amide bonds. The molecular formula is C21H15ClN4O2S2. The predicted molar refractivity (Wildman–Crippen MR) is 123 cm³/mol. The molecule has 0 unspecified atom stereocenters. The minimum absolute atomic E-state index is 0.277. The van der Waals surface area contributed by atoms with E-state index in [0.29, 0.717) is 31.6 Å². The van der Waals surface area contributed by atoms with Crippen LogP contribution < -0.4 is 10.6 Å². The van der Waals surface area contributed by atoms with Gasteiger partial charge < -0.3 is 15.6 Å². The Balaban J connectivity index is 1.53. The molecule has 3 N–H and O–H groups in total. The molecule has 9 heteroatoms. The Hall–Kier alpha value is -3.20. The second-order valence-electron chi connectivity index (χ2n) is 6.27. The van der Waals surface area contributed by atoms with Crippen molar-refractivity contribution in [2.75, 3.05) is 10.6 Å². The van der Waals surface area contributed by atoms with E-state index in [0.717, 1.165) is 5.69 Å². The molecule has 30 heavy (non-hydrogen) atoms. The summed E-state index contributed by atoms with van der Waals surface area (Å²) in [5.41, 5.74) is 2.17. The van der Waals surface area contributed by atoms with Crippen molar-refractivity contribution in [3.05, 3.63) is 92.6 Å². The third-order valence-corrected chi connectivity index (χ3v) is 5.77. The highest BCUT2D eigenvalue weighted by Gasteiger charge is 2.13. The number of aromatic nitrogens is 2. The lowest BCUT2D eigenvalue weighted by atomic mass is 10.1. The number of carbonyl (C=O) groups excluding carboxylic acids is 2. The van der Waals surface area contributed by atoms with E-state index in [1.165, 1.54) is 11.3 Å². The zero-order valence-electron chi connectivity index (χ0n) is 15.4. The Morgan fingerprint density at radius 1 is 1.03 bits per heavy atom. The molecule has 0 aliphatic rings. The van der Waals surface area contributed by atoms with Crippen molar-refractivity contribution in [1.29, 1.82) is 0 Å². The van der Waals surface area contributed by atoms with E-state index in [-0.39, 0.29) is 11.8 Å². The Labute approximate surface area is 186 Å². The number of amides is 2. The van der Waals surface area contributed by atoms with Crippen LogP contribution in [-0.4, -0.2) is 21.4 Å². The first kappa shape index (κ1) is 20.1. The smallest absolute Gasteiger partial charge is 0.265 e. The van der Waals surface area contributed by atoms with Crippen LogP contribution in [0.5, 0.6) is 0 Å². The van der Waals surface area contributed by atoms with Crippen LogP contribution in [0.1, 0.15) is 20.0 Å². The molecule has 0 aliphatic heterocycles. The summed E-state index contributed by atoms with van der Waals surface area (Å²) >= 11 is 12.8. The maximum Gasteiger partial charge on any atom is 0.265 e. The van der Waals surface area contributed by atoms with Crippen LogP contribution in [-0.2, 0) is 0 Å². The molecule has 0 aliphatic carbocycles. The van der Waals surface area contributed by atoms with Crippen LogP contribution in [0.2, 0.25) is 5.02 Å². The molecule has 4 rings (SSSR count). The van der Waals surface area contributed by atoms with Gasteiger partial charge in [-0.15, -0.1) is 11.3 Å². The minimum Gasteiger partial charge on any atom is -0.337 e. The Kier molecular flexibility index (Phi) is 5.80. The molecule has 2 aromatic carbocycles. The summed E-state index contributed by atoms with van der Waals surface area (Å²) in [6, 6.07) is 15.6. The zero-order valence-corrected chi connectivity index (χ0v) is 17.8. The van der Waals surface area contributed by atoms with Crippen LogP contribution in [0.4, 0.5) is 11.4 Å². The Bertz CT molecular complexity index is 1280. The number of hydrogen-bond acceptors (Lipinski definition) is 4. The number of nitrogens with zero attached hydrogens (tertiary/aromatic N) is 1. The number of anilines is 2. The lowest BCUT2D eigenvalue weighted by Crippen LogP contribution is -2.14. The first-order chi connectivity index (χ1) is 14.5. The van der Waals surface area contributed by atoms with E-state index in [1.54, 1.807) is 47.2 Å². The van der Waals surface area contributed by atoms with E-state index in [9.17, 15) is 9.59 Å². The van der Waals surface area contributed by atoms with Crippen molar-refractivity contribution < 1.29 is 9.59 Å². The van der Waals surface area contributed by atoms with Gasteiger partial charge in [-0.3, -0.25) is 14.2 Å². The van der Waals surface area contributed by atoms with Gasteiger partial charge in [0.05, 0.1) is 15.6 Å². The van der Waals surface area contributed by atoms with Gasteiger partial charge in [0.2, 0.25) is 0 Å². The number of hydrogen-bond donors (Lipinski definition) is 3. The molecule has 2 aromatic heterocycles. The van der Waals surface area contributed by atoms with E-state index in [1.807, 2.05) is 29.8 Å². The van der Waals surface area contributed by atoms with Crippen molar-refractivity contribution in [3.63, 3.8) is 0 Å². The van der Waals surface area contributed by atoms with Crippen LogP contribution in [0.25, 0.3) is 5.69 Å². The number of rotatable bonds is 5. The molecule has 150 valence electrons. The molecule has 0 saturated heterocycles. The second-order valence-corrected chi connectivity index (χ2v) is 8.01. The van der Waals surface area contributed by atoms with Crippen molar-refractivity contribution in [1.82, 2.24) is 9.55 Å². The molecule has 0 fully saturated rings. The molecule has 4 aromatic rings. The highest BCUT2D eigenvalue weighted by molar-refractivity contribution is 7.71. The number of carbonyl (C=O) groups is 2. The number of nitrogens with one attached hydrogen (secondary N) is 3. The van der Waals surface area contributed by atoms with Gasteiger partial charge in [0.25, 0.3) is 11.8 Å². The zero-order chi connectivity index (χ0) is 21.1. The lowest BCUT2D eigenvalue weighted by Gasteiger charge is -2.11. The summed E-state index contributed by atoms with van der Waals surface area (Å²) in [5, 5.41) is 7.77. The van der Waals surface area contributed by atoms with Gasteiger partial charge in [0.15, 0.2) is 4.77 Å². The first-order valence-electron chi connectivity index (χ1n) is 8.83. The normalized spacial score (nSPS) is 10.6. The van der Waals surface area contributed by atoms with Gasteiger partial charge in [0.1, 0.15) is 0 Å². The first-order valence-corrected chi connectivity index (χ1v) is 10.5. The van der Waals surface area contributed by atoms with Gasteiger partial charge >= 0.3 is 0 Å². The second kappa shape index (κ2) is 8.66. The SMILES string of the molecule is O=C(Nc1cccc(-n2cc[nH]c2=S)c1)c1ccc(Cl)c(NC(=O)c2cccs2)c1. The van der Waals surface area contributed by atoms with Gasteiger partial charge in [-0.1, -0.05) is 23.7 Å². The van der Waals surface area contributed by atoms with Crippen molar-refractivity contribution >= 4 is 58.3 Å². The highest BCUT2D eigenvalue weighted by atomic mass is 35.5. The summed E-state index contributed by atoms with van der Waals surface area (Å²) in [6.07, 6.45) is 3.55. The number of benzene rings is 2. The fourth-order valence-electron chi connectivity index (χ4n) is 2.81. The van der Waals surface area contributed by atoms with Gasteiger partial charge in [-0.05, 0) is 60.1 Å². The molecule has 0 radical (unpaired) electrons. The molecule has 0 saturated carbocycles. The van der Waals surface area contributed by atoms with Crippen molar-refractivity contribution in [3.8, 4) is 5.69 Å². The highest BCUT2D eigenvalue weighted by Crippen LogP contribution is 2.25. The maximum absolute atomic E-state index is 12.8. The number of thiophene rings is 1. The molecule has 0 atom stereocenters. The summed E-state index contributed by atoms with van der Waals surface area (Å²) < 4.78 is 2.35. The van der Waals surface area contributed by atoms with E-state index < -0.39 is 0 Å². The van der Waals surface area contributed by atoms with Gasteiger partial charge in [-0.2, -0.15) is 0 Å². The van der Waals surface area contributed by atoms with Gasteiger partial charge in [0, 0.05) is 29.3 Å². The molecular weight excluding hydrogens is 440 g/mol. The standard InChI is InChI=1S/C21H15ClN4O2S2/c22-16-7-6-13(11-17(16)25-20(28)18-5-2-10-30-18)19(27)24-14-3-1-4-15(12-14)26-9-8-23-21(26)29/h1-12H,(H,23,29)(H,24,27)(H,25,28). The lowest BCUT2D eigenvalue weighted by molar-refractivity contribution is 0.101. The fraction of sp³-hybridized carbons (Fsp3) is 0. The monoisotopic (exact) mass is 454 g/mol. The van der Waals surface area contributed by atoms with Crippen LogP contribution in [0.15, 0.2) is 72.4 Å². The van der Waals surface area contributed by atoms with E-state index >= 15 is 0 Å². The molecule has 0 bridgehead atoms. The minimum atomic E-state index is -0.326. The molecule has 0 spiro atoms. The largest absolute Gasteiger partial charge is 0.337 e. The Morgan fingerprint density at radius 3 is 2.63 bits per heavy atom. The van der Waals surface area contributed by atoms with Crippen LogP contribution >= 0.6 is 35.2 Å². The maximum atomic E-state index is 12.8. The van der Waals surface area contributed by atoms with E-state index in [2.05, 4.69) is 15.6 Å². The Morgan fingerprint density at radius 2 is 1.90 bits per heavy atom. The predicted octanol–water partition coefficient (Wildman–Crippen LogP) is 5.75. The topological polar surface area (TPSA) is 78.9 Å². The third-order valence-electron chi connectivity index (χ3n) is 4.25. The summed E-state index contributed by atoms with van der Waals surface area (Å²) in [5.74, 6) is -0.603. The average Bonchev–Trinajstić information content (AvgIpc) is 3.41. The number of imidazole rings is 1. The third kappa shape index (κ3) is 4.35. The summed E-state index contributed by atoms with van der Waals surface area (Å²) in [6.45, 7) is 0. The summed E-state index contributed by atoms with van der Waals surface area (Å²) in [4.78, 5) is 28.6. The van der Waals surface area contributed by atoms with E-state index in [4.69, 9.17) is 23.8 Å². The number of halogens is 1.